The molecular formula is C35H44N4O2. The summed E-state index contributed by atoms with van der Waals surface area (Å²) in [5.74, 6) is 2.16. The smallest absolute Gasteiger partial charge is 0.257 e. The number of aryl methyl sites for hydroxylation is 1. The van der Waals surface area contributed by atoms with E-state index in [0.29, 0.717) is 35.6 Å². The van der Waals surface area contributed by atoms with E-state index in [1.54, 1.807) is 0 Å². The molecule has 2 aromatic carbocycles. The molecular weight excluding hydrogens is 508 g/mol. The van der Waals surface area contributed by atoms with E-state index < -0.39 is 0 Å². The maximum atomic E-state index is 14.2. The number of benzene rings is 2. The second-order valence-electron chi connectivity index (χ2n) is 12.5. The van der Waals surface area contributed by atoms with Crippen molar-refractivity contribution < 1.29 is 4.79 Å². The Bertz CT molecular complexity index is 1460. The molecule has 6 heteroatoms. The van der Waals surface area contributed by atoms with Gasteiger partial charge in [-0.15, -0.1) is 0 Å². The summed E-state index contributed by atoms with van der Waals surface area (Å²) in [4.78, 5) is 34.8. The number of rotatable bonds is 10. The highest BCUT2D eigenvalue weighted by molar-refractivity contribution is 6.02. The average molecular weight is 553 g/mol. The number of nitrogens with zero attached hydrogens (tertiary/aromatic N) is 3. The van der Waals surface area contributed by atoms with Crippen LogP contribution in [0.25, 0.3) is 11.1 Å². The molecule has 1 N–H and O–H groups in total. The molecule has 5 rings (SSSR count). The Morgan fingerprint density at radius 3 is 2.34 bits per heavy atom. The first-order valence-corrected chi connectivity index (χ1v) is 15.4. The summed E-state index contributed by atoms with van der Waals surface area (Å²) in [6.07, 6.45) is 6.12. The Hall–Kier alpha value is -3.54. The molecule has 1 amide bonds. The number of piperidine rings is 1. The normalized spacial score (nSPS) is 18.9. The van der Waals surface area contributed by atoms with Gasteiger partial charge < -0.3 is 10.3 Å². The van der Waals surface area contributed by atoms with Gasteiger partial charge in [-0.05, 0) is 61.1 Å². The lowest BCUT2D eigenvalue weighted by Gasteiger charge is -2.35. The molecule has 2 fully saturated rings. The lowest BCUT2D eigenvalue weighted by atomic mass is 9.91. The number of carbonyl (C=O) groups excluding carboxylic acids is 1. The minimum absolute atomic E-state index is 0.0479. The van der Waals surface area contributed by atoms with E-state index in [4.69, 9.17) is 10.4 Å². The fourth-order valence-electron chi connectivity index (χ4n) is 6.37. The van der Waals surface area contributed by atoms with E-state index in [9.17, 15) is 9.59 Å². The summed E-state index contributed by atoms with van der Waals surface area (Å²) in [6.45, 7) is 10.4. The second-order valence-corrected chi connectivity index (χ2v) is 12.5. The van der Waals surface area contributed by atoms with Crippen LogP contribution in [0.2, 0.25) is 0 Å². The number of hydrogen-bond acceptors (Lipinski definition) is 4. The van der Waals surface area contributed by atoms with Gasteiger partial charge in [0.15, 0.2) is 0 Å². The van der Waals surface area contributed by atoms with Crippen molar-refractivity contribution in [1.82, 2.24) is 14.5 Å². The molecule has 3 aromatic rings. The van der Waals surface area contributed by atoms with Crippen LogP contribution in [0.1, 0.15) is 93.9 Å². The van der Waals surface area contributed by atoms with Crippen molar-refractivity contribution in [1.29, 1.82) is 5.41 Å². The first kappa shape index (κ1) is 29.0. The molecule has 1 aliphatic heterocycles. The minimum Gasteiger partial charge on any atom is -0.342 e. The van der Waals surface area contributed by atoms with Gasteiger partial charge in [0.25, 0.3) is 5.56 Å². The Kier molecular flexibility index (Phi) is 8.86. The van der Waals surface area contributed by atoms with Gasteiger partial charge in [0.1, 0.15) is 5.82 Å². The van der Waals surface area contributed by atoms with Gasteiger partial charge in [0.2, 0.25) is 5.91 Å². The van der Waals surface area contributed by atoms with Gasteiger partial charge in [-0.2, -0.15) is 0 Å². The highest BCUT2D eigenvalue weighted by atomic mass is 16.2. The molecule has 1 aliphatic carbocycles. The van der Waals surface area contributed by atoms with Crippen LogP contribution in [0.4, 0.5) is 0 Å². The lowest BCUT2D eigenvalue weighted by molar-refractivity contribution is -0.133. The number of hydrogen-bond donors (Lipinski definition) is 1. The first-order chi connectivity index (χ1) is 19.7. The van der Waals surface area contributed by atoms with Crippen LogP contribution in [0.5, 0.6) is 0 Å². The van der Waals surface area contributed by atoms with E-state index in [1.165, 1.54) is 0 Å². The monoisotopic (exact) mass is 552 g/mol. The molecule has 0 spiro atoms. The maximum Gasteiger partial charge on any atom is 0.257 e. The van der Waals surface area contributed by atoms with Crippen LogP contribution < -0.4 is 5.56 Å². The van der Waals surface area contributed by atoms with Gasteiger partial charge in [-0.1, -0.05) is 75.7 Å². The number of nitrogens with one attached hydrogen (secondary N) is 1. The fraction of sp³-hybridized carbons (Fsp3) is 0.486. The summed E-state index contributed by atoms with van der Waals surface area (Å²) < 4.78 is 1.83. The zero-order valence-electron chi connectivity index (χ0n) is 25.1. The van der Waals surface area contributed by atoms with Gasteiger partial charge in [0.05, 0.1) is 18.7 Å². The van der Waals surface area contributed by atoms with Gasteiger partial charge in [-0.25, -0.2) is 4.98 Å². The van der Waals surface area contributed by atoms with Crippen molar-refractivity contribution in [2.24, 2.45) is 11.8 Å². The third kappa shape index (κ3) is 6.69. The molecule has 0 radical (unpaired) electrons. The van der Waals surface area contributed by atoms with Crippen molar-refractivity contribution in [2.45, 2.75) is 85.1 Å². The topological polar surface area (TPSA) is 79.1 Å². The Balaban J connectivity index is 1.47. The van der Waals surface area contributed by atoms with E-state index in [2.05, 4.69) is 45.0 Å². The highest BCUT2D eigenvalue weighted by Crippen LogP contribution is 2.40. The summed E-state index contributed by atoms with van der Waals surface area (Å²) in [5, 5.41) is 8.15. The highest BCUT2D eigenvalue weighted by Gasteiger charge is 2.33. The summed E-state index contributed by atoms with van der Waals surface area (Å²) in [7, 11) is 0. The molecule has 1 saturated heterocycles. The van der Waals surface area contributed by atoms with Gasteiger partial charge in [0, 0.05) is 42.3 Å². The van der Waals surface area contributed by atoms with Crippen LogP contribution in [0.15, 0.2) is 53.3 Å². The molecule has 2 aliphatic rings. The molecule has 6 nitrogen and oxygen atoms in total. The lowest BCUT2D eigenvalue weighted by Crippen LogP contribution is -2.44. The van der Waals surface area contributed by atoms with Crippen molar-refractivity contribution in [3.8, 4) is 11.1 Å². The third-order valence-electron chi connectivity index (χ3n) is 8.58. The van der Waals surface area contributed by atoms with Gasteiger partial charge in [-0.3, -0.25) is 14.2 Å². The van der Waals surface area contributed by atoms with Crippen molar-refractivity contribution in [3.05, 3.63) is 87.1 Å². The molecule has 2 heterocycles. The summed E-state index contributed by atoms with van der Waals surface area (Å²) in [6, 6.07) is 16.3. The van der Waals surface area contributed by atoms with Crippen LogP contribution in [-0.2, 0) is 24.2 Å². The zero-order valence-corrected chi connectivity index (χ0v) is 25.1. The summed E-state index contributed by atoms with van der Waals surface area (Å²) >= 11 is 0. The molecule has 1 aromatic heterocycles. The van der Waals surface area contributed by atoms with E-state index in [1.807, 2.05) is 40.7 Å². The van der Waals surface area contributed by atoms with Crippen LogP contribution in [0.3, 0.4) is 0 Å². The molecule has 2 unspecified atom stereocenters. The van der Waals surface area contributed by atoms with Gasteiger partial charge >= 0.3 is 0 Å². The van der Waals surface area contributed by atoms with E-state index in [-0.39, 0.29) is 17.9 Å². The second kappa shape index (κ2) is 12.5. The first-order valence-electron chi connectivity index (χ1n) is 15.4. The quantitative estimate of drug-likeness (QED) is 0.287. The molecule has 2 atom stereocenters. The number of aromatic nitrogens is 2. The third-order valence-corrected chi connectivity index (χ3v) is 8.58. The number of amides is 1. The zero-order chi connectivity index (χ0) is 29.1. The minimum atomic E-state index is -0.0479. The fourth-order valence-corrected chi connectivity index (χ4v) is 6.37. The van der Waals surface area contributed by atoms with Crippen LogP contribution in [0, 0.1) is 17.2 Å². The molecule has 1 saturated carbocycles. The Labute approximate surface area is 244 Å². The van der Waals surface area contributed by atoms with Crippen molar-refractivity contribution in [2.75, 3.05) is 13.1 Å². The van der Waals surface area contributed by atoms with Crippen LogP contribution >= 0.6 is 0 Å². The standard InChI is InChI=1S/C35H44N4O2/c1-5-6-11-32-37-34(28-16-17-28)31(19-33(40)38-20-23(2)18-24(3)21-38)35(41)39(32)22-26-12-14-27(15-13-26)30-10-8-7-9-29(30)25(4)36/h7-10,12-15,23-24,28,36H,5-6,11,16-22H2,1-4H3. The largest absolute Gasteiger partial charge is 0.342 e. The maximum absolute atomic E-state index is 14.2. The van der Waals surface area contributed by atoms with E-state index >= 15 is 0 Å². The Morgan fingerprint density at radius 2 is 1.71 bits per heavy atom. The molecule has 216 valence electrons. The molecule has 41 heavy (non-hydrogen) atoms. The predicted octanol–water partition coefficient (Wildman–Crippen LogP) is 6.61. The molecule has 0 bridgehead atoms. The van der Waals surface area contributed by atoms with Crippen molar-refractivity contribution >= 4 is 11.6 Å². The SMILES string of the molecule is CCCCc1nc(C2CC2)c(CC(=O)N2CC(C)CC(C)C2)c(=O)n1Cc1ccc(-c2ccccc2C(C)=N)cc1. The average Bonchev–Trinajstić information content (AvgIpc) is 3.80. The number of carbonyl (C=O) groups is 1. The Morgan fingerprint density at radius 1 is 1.02 bits per heavy atom. The van der Waals surface area contributed by atoms with E-state index in [0.717, 1.165) is 85.4 Å². The van der Waals surface area contributed by atoms with Crippen LogP contribution in [-0.4, -0.2) is 39.2 Å². The number of unbranched alkanes of at least 4 members (excludes halogenated alkanes) is 1. The predicted molar refractivity (Wildman–Crippen MR) is 166 cm³/mol. The summed E-state index contributed by atoms with van der Waals surface area (Å²) in [5.41, 5.74) is 5.99. The number of likely N-dealkylation sites (tertiary alicyclic amines) is 1. The van der Waals surface area contributed by atoms with Crippen molar-refractivity contribution in [3.63, 3.8) is 0 Å².